The molecule has 1 aromatic heterocycles. The summed E-state index contributed by atoms with van der Waals surface area (Å²) in [5.41, 5.74) is 8.18. The lowest BCUT2D eigenvalue weighted by atomic mass is 9.91. The first-order valence-corrected chi connectivity index (χ1v) is 14.4. The molecule has 10 nitrogen and oxygen atoms in total. The third-order valence-electron chi connectivity index (χ3n) is 8.60. The minimum atomic E-state index is -0.0736. The van der Waals surface area contributed by atoms with Gasteiger partial charge in [-0.1, -0.05) is 12.1 Å². The van der Waals surface area contributed by atoms with E-state index >= 15 is 0 Å². The molecule has 0 amide bonds. The molecule has 0 radical (unpaired) electrons. The molecule has 4 fully saturated rings. The lowest BCUT2D eigenvalue weighted by molar-refractivity contribution is -0.103. The normalized spacial score (nSPS) is 26.9. The van der Waals surface area contributed by atoms with E-state index in [1.54, 1.807) is 30.3 Å². The van der Waals surface area contributed by atoms with Crippen LogP contribution in [-0.4, -0.2) is 83.1 Å². The molecule has 1 aromatic carbocycles. The number of para-hydroxylation sites is 1. The number of aromatic nitrogens is 1. The van der Waals surface area contributed by atoms with Crippen molar-refractivity contribution in [2.24, 2.45) is 5.73 Å². The van der Waals surface area contributed by atoms with Gasteiger partial charge in [0, 0.05) is 61.5 Å². The number of nitrogens with two attached hydrogens (primary N) is 1. The molecule has 6 N–H and O–H groups in total. The molecule has 4 heterocycles. The standard InChI is InChI=1S/C30H39N7O3/c31-26(25-3-1-2-4-28(25)38)16-27(30(32)33)36-17-20-5-6-21(18-36)37(20)19-7-12-35-29(13-19)40-24-14-23(15-24)39-22-8-10-34-11-9-22/h1-4,7,12-13,16,20-24,31,34,38H,5-6,8-11,14-15,17-18H2,(H3,32,33)/b27-16+,31-26?. The first-order valence-electron chi connectivity index (χ1n) is 14.4. The van der Waals surface area contributed by atoms with Gasteiger partial charge < -0.3 is 40.8 Å². The van der Waals surface area contributed by atoms with Crippen LogP contribution in [0.2, 0.25) is 0 Å². The lowest BCUT2D eigenvalue weighted by Gasteiger charge is -2.44. The quantitative estimate of drug-likeness (QED) is 0.239. The highest BCUT2D eigenvalue weighted by molar-refractivity contribution is 6.12. The van der Waals surface area contributed by atoms with Crippen LogP contribution >= 0.6 is 0 Å². The van der Waals surface area contributed by atoms with Crippen molar-refractivity contribution in [3.05, 3.63) is 59.9 Å². The van der Waals surface area contributed by atoms with Gasteiger partial charge in [0.05, 0.1) is 23.6 Å². The molecule has 6 rings (SSSR count). The van der Waals surface area contributed by atoms with Gasteiger partial charge in [0.2, 0.25) is 5.88 Å². The van der Waals surface area contributed by atoms with Crippen molar-refractivity contribution in [2.45, 2.75) is 68.9 Å². The Morgan fingerprint density at radius 3 is 2.42 bits per heavy atom. The molecule has 212 valence electrons. The van der Waals surface area contributed by atoms with Crippen molar-refractivity contribution >= 4 is 17.2 Å². The maximum atomic E-state index is 10.2. The van der Waals surface area contributed by atoms with E-state index < -0.39 is 0 Å². The number of nitrogens with zero attached hydrogens (tertiary/aromatic N) is 3. The molecule has 3 saturated heterocycles. The van der Waals surface area contributed by atoms with E-state index in [0.717, 1.165) is 57.3 Å². The summed E-state index contributed by atoms with van der Waals surface area (Å²) in [5, 5.41) is 30.3. The number of allylic oxidation sites excluding steroid dienone is 1. The van der Waals surface area contributed by atoms with Gasteiger partial charge in [0.15, 0.2) is 0 Å². The summed E-state index contributed by atoms with van der Waals surface area (Å²) < 4.78 is 12.5. The molecule has 2 bridgehead atoms. The van der Waals surface area contributed by atoms with Gasteiger partial charge in [-0.25, -0.2) is 4.98 Å². The van der Waals surface area contributed by atoms with E-state index in [4.69, 9.17) is 26.0 Å². The highest BCUT2D eigenvalue weighted by Gasteiger charge is 2.41. The molecule has 2 unspecified atom stereocenters. The second-order valence-electron chi connectivity index (χ2n) is 11.3. The highest BCUT2D eigenvalue weighted by atomic mass is 16.5. The van der Waals surface area contributed by atoms with Gasteiger partial charge in [0.1, 0.15) is 17.7 Å². The first kappa shape index (κ1) is 26.6. The van der Waals surface area contributed by atoms with Crippen molar-refractivity contribution in [3.63, 3.8) is 0 Å². The minimum Gasteiger partial charge on any atom is -0.507 e. The highest BCUT2D eigenvalue weighted by Crippen LogP contribution is 2.38. The number of phenolic OH excluding ortho intramolecular Hbond substituents is 1. The zero-order chi connectivity index (χ0) is 27.6. The van der Waals surface area contributed by atoms with Gasteiger partial charge in [-0.3, -0.25) is 5.41 Å². The number of pyridine rings is 1. The van der Waals surface area contributed by atoms with Crippen LogP contribution in [0, 0.1) is 10.8 Å². The molecule has 1 aliphatic carbocycles. The van der Waals surface area contributed by atoms with Crippen LogP contribution in [0.15, 0.2) is 54.4 Å². The molecule has 40 heavy (non-hydrogen) atoms. The average molecular weight is 546 g/mol. The second-order valence-corrected chi connectivity index (χ2v) is 11.3. The Morgan fingerprint density at radius 2 is 1.73 bits per heavy atom. The number of rotatable bonds is 9. The lowest BCUT2D eigenvalue weighted by Crippen LogP contribution is -2.54. The number of piperidine rings is 1. The van der Waals surface area contributed by atoms with Gasteiger partial charge in [0.25, 0.3) is 0 Å². The van der Waals surface area contributed by atoms with Gasteiger partial charge in [-0.05, 0) is 63.0 Å². The number of hydrogen-bond donors (Lipinski definition) is 5. The van der Waals surface area contributed by atoms with Crippen molar-refractivity contribution in [1.82, 2.24) is 15.2 Å². The fourth-order valence-corrected chi connectivity index (χ4v) is 6.50. The number of phenols is 1. The fourth-order valence-electron chi connectivity index (χ4n) is 6.50. The number of anilines is 1. The Bertz CT molecular complexity index is 1260. The summed E-state index contributed by atoms with van der Waals surface area (Å²) in [6.07, 6.45) is 10.3. The number of fused-ring (bicyclic) bond motifs is 2. The summed E-state index contributed by atoms with van der Waals surface area (Å²) in [6.45, 7) is 3.48. The first-order chi connectivity index (χ1) is 19.4. The molecule has 2 atom stereocenters. The van der Waals surface area contributed by atoms with E-state index in [-0.39, 0.29) is 41.6 Å². The van der Waals surface area contributed by atoms with E-state index in [9.17, 15) is 5.11 Å². The maximum absolute atomic E-state index is 10.2. The summed E-state index contributed by atoms with van der Waals surface area (Å²) >= 11 is 0. The molecule has 3 aliphatic heterocycles. The Labute approximate surface area is 235 Å². The SMILES string of the molecule is N=C(N)/C(=C\C(=N)c1ccccc1O)N1CC2CCC(C1)N2c1ccnc(OC2CC(OC3CCNCC3)C2)c1. The number of nitrogens with one attached hydrogen (secondary N) is 3. The third kappa shape index (κ3) is 5.64. The molecule has 1 saturated carbocycles. The predicted octanol–water partition coefficient (Wildman–Crippen LogP) is 3.01. The number of benzene rings is 1. The van der Waals surface area contributed by atoms with Crippen LogP contribution in [0.3, 0.4) is 0 Å². The summed E-state index contributed by atoms with van der Waals surface area (Å²) in [6, 6.07) is 11.4. The van der Waals surface area contributed by atoms with E-state index in [0.29, 0.717) is 36.3 Å². The minimum absolute atomic E-state index is 0.0407. The monoisotopic (exact) mass is 545 g/mol. The molecule has 0 spiro atoms. The number of likely N-dealkylation sites (tertiary alicyclic amines) is 1. The van der Waals surface area contributed by atoms with Crippen LogP contribution in [0.5, 0.6) is 11.6 Å². The number of ether oxygens (including phenoxy) is 2. The van der Waals surface area contributed by atoms with Gasteiger partial charge >= 0.3 is 0 Å². The van der Waals surface area contributed by atoms with Crippen LogP contribution < -0.4 is 20.7 Å². The van der Waals surface area contributed by atoms with Gasteiger partial charge in [-0.2, -0.15) is 0 Å². The van der Waals surface area contributed by atoms with Crippen molar-refractivity contribution in [3.8, 4) is 11.6 Å². The number of aromatic hydroxyl groups is 1. The Balaban J connectivity index is 1.09. The topological polar surface area (TPSA) is 144 Å². The van der Waals surface area contributed by atoms with E-state index in [1.807, 2.05) is 12.3 Å². The van der Waals surface area contributed by atoms with Crippen LogP contribution in [0.1, 0.15) is 44.1 Å². The van der Waals surface area contributed by atoms with Crippen molar-refractivity contribution in [1.29, 1.82) is 10.8 Å². The Hall–Kier alpha value is -3.63. The zero-order valence-electron chi connectivity index (χ0n) is 22.8. The van der Waals surface area contributed by atoms with E-state index in [2.05, 4.69) is 26.2 Å². The molecule has 10 heteroatoms. The smallest absolute Gasteiger partial charge is 0.215 e. The average Bonchev–Trinajstić information content (AvgIpc) is 3.20. The zero-order valence-corrected chi connectivity index (χ0v) is 22.8. The predicted molar refractivity (Wildman–Crippen MR) is 154 cm³/mol. The second kappa shape index (κ2) is 11.5. The third-order valence-corrected chi connectivity index (χ3v) is 8.60. The van der Waals surface area contributed by atoms with Crippen LogP contribution in [0.4, 0.5) is 5.69 Å². The van der Waals surface area contributed by atoms with Crippen LogP contribution in [0.25, 0.3) is 0 Å². The number of piperazine rings is 1. The fraction of sp³-hybridized carbons (Fsp3) is 0.500. The molecule has 4 aliphatic rings. The number of amidine groups is 1. The molecule has 2 aromatic rings. The number of hydrogen-bond acceptors (Lipinski definition) is 9. The largest absolute Gasteiger partial charge is 0.507 e. The molecular weight excluding hydrogens is 506 g/mol. The summed E-state index contributed by atoms with van der Waals surface area (Å²) in [5.74, 6) is 0.625. The van der Waals surface area contributed by atoms with Gasteiger partial charge in [-0.15, -0.1) is 0 Å². The van der Waals surface area contributed by atoms with Crippen molar-refractivity contribution < 1.29 is 14.6 Å². The Kier molecular flexibility index (Phi) is 7.62. The van der Waals surface area contributed by atoms with Crippen LogP contribution in [-0.2, 0) is 4.74 Å². The van der Waals surface area contributed by atoms with E-state index in [1.165, 1.54) is 0 Å². The summed E-state index contributed by atoms with van der Waals surface area (Å²) in [4.78, 5) is 9.07. The Morgan fingerprint density at radius 1 is 1.00 bits per heavy atom. The summed E-state index contributed by atoms with van der Waals surface area (Å²) in [7, 11) is 0. The molecular formula is C30H39N7O3. The maximum Gasteiger partial charge on any atom is 0.215 e. The van der Waals surface area contributed by atoms with Crippen molar-refractivity contribution in [2.75, 3.05) is 31.1 Å².